The fourth-order valence-electron chi connectivity index (χ4n) is 2.92. The number of nitro groups is 1. The molecule has 2 aromatic rings. The first-order chi connectivity index (χ1) is 13.0. The van der Waals surface area contributed by atoms with Crippen molar-refractivity contribution >= 4 is 34.9 Å². The van der Waals surface area contributed by atoms with Crippen LogP contribution in [-0.4, -0.2) is 40.8 Å². The molecule has 1 fully saturated rings. The molecule has 0 saturated carbocycles. The first kappa shape index (κ1) is 18.8. The lowest BCUT2D eigenvalue weighted by atomic mass is 10.0. The van der Waals surface area contributed by atoms with E-state index in [1.807, 2.05) is 10.8 Å². The zero-order valence-corrected chi connectivity index (χ0v) is 15.4. The number of amides is 2. The Bertz CT molecular complexity index is 856. The van der Waals surface area contributed by atoms with Gasteiger partial charge >= 0.3 is 0 Å². The van der Waals surface area contributed by atoms with Gasteiger partial charge in [0.15, 0.2) is 0 Å². The van der Waals surface area contributed by atoms with E-state index in [2.05, 4.69) is 5.32 Å². The van der Waals surface area contributed by atoms with Crippen LogP contribution < -0.4 is 5.32 Å². The van der Waals surface area contributed by atoms with Crippen LogP contribution in [0.3, 0.4) is 0 Å². The Kier molecular flexibility index (Phi) is 5.97. The summed E-state index contributed by atoms with van der Waals surface area (Å²) in [6.45, 7) is 1.12. The number of rotatable bonds is 5. The summed E-state index contributed by atoms with van der Waals surface area (Å²) in [5.41, 5.74) is 1.26. The normalized spacial score (nSPS) is 15.0. The van der Waals surface area contributed by atoms with Crippen molar-refractivity contribution in [2.75, 3.05) is 13.1 Å². The van der Waals surface area contributed by atoms with E-state index >= 15 is 0 Å². The third-order valence-corrected chi connectivity index (χ3v) is 5.11. The first-order valence-corrected chi connectivity index (χ1v) is 9.52. The number of non-ortho nitro benzene ring substituents is 1. The molecule has 2 amide bonds. The maximum Gasteiger partial charge on any atom is 0.270 e. The summed E-state index contributed by atoms with van der Waals surface area (Å²) in [7, 11) is 0. The van der Waals surface area contributed by atoms with Gasteiger partial charge in [-0.25, -0.2) is 0 Å². The highest BCUT2D eigenvalue weighted by molar-refractivity contribution is 7.08. The van der Waals surface area contributed by atoms with E-state index < -0.39 is 4.92 Å². The van der Waals surface area contributed by atoms with Gasteiger partial charge in [0, 0.05) is 48.3 Å². The van der Waals surface area contributed by atoms with Crippen molar-refractivity contribution in [1.29, 1.82) is 0 Å². The van der Waals surface area contributed by atoms with E-state index in [-0.39, 0.29) is 23.5 Å². The fourth-order valence-corrected chi connectivity index (χ4v) is 3.56. The van der Waals surface area contributed by atoms with Crippen LogP contribution in [0.4, 0.5) is 5.69 Å². The lowest BCUT2D eigenvalue weighted by molar-refractivity contribution is -0.384. The van der Waals surface area contributed by atoms with Crippen LogP contribution in [0, 0.1) is 10.1 Å². The Morgan fingerprint density at radius 1 is 1.26 bits per heavy atom. The summed E-state index contributed by atoms with van der Waals surface area (Å²) in [6.07, 6.45) is 4.42. The van der Waals surface area contributed by atoms with Crippen molar-refractivity contribution in [2.45, 2.75) is 18.9 Å². The molecule has 1 aliphatic rings. The smallest absolute Gasteiger partial charge is 0.270 e. The standard InChI is InChI=1S/C19H19N3O4S/c23-18(5-4-14-2-1-3-17(12-14)22(25)26)21-9-6-16(7-10-21)20-19(24)15-8-11-27-13-15/h1-5,8,11-13,16H,6-7,9-10H2,(H,20,24). The van der Waals surface area contributed by atoms with E-state index in [9.17, 15) is 19.7 Å². The third kappa shape index (κ3) is 5.01. The predicted molar refractivity (Wildman–Crippen MR) is 104 cm³/mol. The average Bonchev–Trinajstić information content (AvgIpc) is 3.22. The fraction of sp³-hybridized carbons (Fsp3) is 0.263. The van der Waals surface area contributed by atoms with Gasteiger partial charge < -0.3 is 10.2 Å². The highest BCUT2D eigenvalue weighted by Crippen LogP contribution is 2.16. The van der Waals surface area contributed by atoms with Gasteiger partial charge in [-0.3, -0.25) is 19.7 Å². The molecule has 0 spiro atoms. The Labute approximate surface area is 160 Å². The summed E-state index contributed by atoms with van der Waals surface area (Å²) in [4.78, 5) is 36.5. The van der Waals surface area contributed by atoms with Gasteiger partial charge in [0.2, 0.25) is 5.91 Å². The monoisotopic (exact) mass is 385 g/mol. The summed E-state index contributed by atoms with van der Waals surface area (Å²) in [5, 5.41) is 17.5. The van der Waals surface area contributed by atoms with Crippen LogP contribution >= 0.6 is 11.3 Å². The highest BCUT2D eigenvalue weighted by atomic mass is 32.1. The van der Waals surface area contributed by atoms with Crippen LogP contribution in [0.2, 0.25) is 0 Å². The number of carbonyl (C=O) groups is 2. The van der Waals surface area contributed by atoms with Crippen molar-refractivity contribution in [1.82, 2.24) is 10.2 Å². The molecule has 0 bridgehead atoms. The second kappa shape index (κ2) is 8.59. The lowest BCUT2D eigenvalue weighted by Gasteiger charge is -2.31. The van der Waals surface area contributed by atoms with Gasteiger partial charge in [0.05, 0.1) is 4.92 Å². The van der Waals surface area contributed by atoms with Crippen molar-refractivity contribution in [2.24, 2.45) is 0 Å². The number of nitro benzene ring substituents is 1. The van der Waals surface area contributed by atoms with Gasteiger partial charge in [0.25, 0.3) is 11.6 Å². The number of hydrogen-bond acceptors (Lipinski definition) is 5. The highest BCUT2D eigenvalue weighted by Gasteiger charge is 2.23. The molecule has 3 rings (SSSR count). The molecule has 140 valence electrons. The zero-order valence-electron chi connectivity index (χ0n) is 14.5. The second-order valence-corrected chi connectivity index (χ2v) is 7.05. The first-order valence-electron chi connectivity index (χ1n) is 8.57. The Morgan fingerprint density at radius 3 is 2.70 bits per heavy atom. The van der Waals surface area contributed by atoms with Gasteiger partial charge in [-0.2, -0.15) is 11.3 Å². The molecule has 2 heterocycles. The molecule has 0 atom stereocenters. The van der Waals surface area contributed by atoms with Crippen LogP contribution in [-0.2, 0) is 4.79 Å². The zero-order chi connectivity index (χ0) is 19.2. The topological polar surface area (TPSA) is 92.6 Å². The van der Waals surface area contributed by atoms with E-state index in [0.717, 1.165) is 0 Å². The molecule has 8 heteroatoms. The molecule has 0 aliphatic carbocycles. The second-order valence-electron chi connectivity index (χ2n) is 6.27. The number of hydrogen-bond donors (Lipinski definition) is 1. The van der Waals surface area contributed by atoms with Crippen LogP contribution in [0.5, 0.6) is 0 Å². The van der Waals surface area contributed by atoms with E-state index in [1.165, 1.54) is 29.5 Å². The van der Waals surface area contributed by atoms with Crippen molar-refractivity contribution in [3.05, 3.63) is 68.4 Å². The summed E-state index contributed by atoms with van der Waals surface area (Å²) in [5.74, 6) is -0.212. The number of piperidine rings is 1. The lowest BCUT2D eigenvalue weighted by Crippen LogP contribution is -2.46. The quantitative estimate of drug-likeness (QED) is 0.486. The summed E-state index contributed by atoms with van der Waals surface area (Å²) >= 11 is 1.48. The summed E-state index contributed by atoms with van der Waals surface area (Å²) in [6, 6.07) is 7.98. The Balaban J connectivity index is 1.50. The largest absolute Gasteiger partial charge is 0.349 e. The molecular weight excluding hydrogens is 366 g/mol. The maximum absolute atomic E-state index is 12.3. The van der Waals surface area contributed by atoms with Crippen molar-refractivity contribution < 1.29 is 14.5 Å². The maximum atomic E-state index is 12.3. The van der Waals surface area contributed by atoms with E-state index in [4.69, 9.17) is 0 Å². The molecule has 1 saturated heterocycles. The van der Waals surface area contributed by atoms with Crippen LogP contribution in [0.1, 0.15) is 28.8 Å². The number of thiophene rings is 1. The molecule has 27 heavy (non-hydrogen) atoms. The molecule has 0 radical (unpaired) electrons. The molecule has 0 unspecified atom stereocenters. The van der Waals surface area contributed by atoms with Crippen molar-refractivity contribution in [3.8, 4) is 0 Å². The van der Waals surface area contributed by atoms with E-state index in [1.54, 1.807) is 29.2 Å². The van der Waals surface area contributed by atoms with E-state index in [0.29, 0.717) is 37.1 Å². The van der Waals surface area contributed by atoms with Gasteiger partial charge in [0.1, 0.15) is 0 Å². The Hall–Kier alpha value is -3.00. The molecule has 7 nitrogen and oxygen atoms in total. The SMILES string of the molecule is O=C(NC1CCN(C(=O)C=Cc2cccc([N+](=O)[O-])c2)CC1)c1ccsc1. The molecule has 1 aromatic heterocycles. The third-order valence-electron chi connectivity index (χ3n) is 4.42. The average molecular weight is 385 g/mol. The van der Waals surface area contributed by atoms with Gasteiger partial charge in [-0.1, -0.05) is 12.1 Å². The number of nitrogens with one attached hydrogen (secondary N) is 1. The number of benzene rings is 1. The molecule has 1 aromatic carbocycles. The van der Waals surface area contributed by atoms with Crippen LogP contribution in [0.15, 0.2) is 47.2 Å². The number of carbonyl (C=O) groups excluding carboxylic acids is 2. The van der Waals surface area contributed by atoms with Crippen molar-refractivity contribution in [3.63, 3.8) is 0 Å². The predicted octanol–water partition coefficient (Wildman–Crippen LogP) is 3.09. The number of likely N-dealkylation sites (tertiary alicyclic amines) is 1. The van der Waals surface area contributed by atoms with Crippen LogP contribution in [0.25, 0.3) is 6.08 Å². The molecular formula is C19H19N3O4S. The van der Waals surface area contributed by atoms with Gasteiger partial charge in [-0.05, 0) is 35.9 Å². The number of nitrogens with zero attached hydrogens (tertiary/aromatic N) is 2. The minimum absolute atomic E-state index is 0.00761. The minimum Gasteiger partial charge on any atom is -0.349 e. The minimum atomic E-state index is -0.464. The Morgan fingerprint density at radius 2 is 2.04 bits per heavy atom. The molecule has 1 aliphatic heterocycles. The summed E-state index contributed by atoms with van der Waals surface area (Å²) < 4.78 is 0. The van der Waals surface area contributed by atoms with Gasteiger partial charge in [-0.15, -0.1) is 0 Å². The molecule has 1 N–H and O–H groups in total.